The molecule has 11 heteroatoms. The predicted octanol–water partition coefficient (Wildman–Crippen LogP) is 4.20. The van der Waals surface area contributed by atoms with Crippen LogP contribution in [0.1, 0.15) is 49.8 Å². The predicted molar refractivity (Wildman–Crippen MR) is 146 cm³/mol. The van der Waals surface area contributed by atoms with E-state index in [9.17, 15) is 19.1 Å². The Bertz CT molecular complexity index is 1620. The van der Waals surface area contributed by atoms with Crippen molar-refractivity contribution in [1.29, 1.82) is 0 Å². The van der Waals surface area contributed by atoms with E-state index < -0.39 is 11.8 Å². The molecule has 0 aliphatic carbocycles. The van der Waals surface area contributed by atoms with E-state index in [0.29, 0.717) is 53.6 Å². The maximum absolute atomic E-state index is 14.1. The summed E-state index contributed by atoms with van der Waals surface area (Å²) in [6.07, 6.45) is 1.81. The Labute approximate surface area is 234 Å². The van der Waals surface area contributed by atoms with Crippen molar-refractivity contribution in [2.45, 2.75) is 45.1 Å². The minimum absolute atomic E-state index is 0.0220. The first-order valence-electron chi connectivity index (χ1n) is 13.1. The molecule has 0 radical (unpaired) electrons. The molecule has 0 unspecified atom stereocenters. The highest BCUT2D eigenvalue weighted by atomic mass is 35.5. The number of amides is 1. The zero-order valence-corrected chi connectivity index (χ0v) is 22.3. The van der Waals surface area contributed by atoms with Gasteiger partial charge in [0.25, 0.3) is 5.91 Å². The zero-order valence-electron chi connectivity index (χ0n) is 21.6. The minimum Gasteiger partial charge on any atom is -0.477 e. The van der Waals surface area contributed by atoms with Gasteiger partial charge in [0.1, 0.15) is 17.2 Å². The summed E-state index contributed by atoms with van der Waals surface area (Å²) in [5.41, 5.74) is 4.27. The van der Waals surface area contributed by atoms with Gasteiger partial charge in [0, 0.05) is 42.4 Å². The van der Waals surface area contributed by atoms with Crippen LogP contribution < -0.4 is 5.32 Å². The number of hydrogen-bond donors (Lipinski definition) is 2. The summed E-state index contributed by atoms with van der Waals surface area (Å²) < 4.78 is 21.7. The van der Waals surface area contributed by atoms with Crippen LogP contribution in [0, 0.1) is 5.82 Å². The van der Waals surface area contributed by atoms with E-state index in [4.69, 9.17) is 21.3 Å². The standard InChI is InChI=1S/C29H27ClFN5O4/c30-21-4-3-19(23(31)12-21)13-32-28(37)18-2-1-17-7-9-35(14-20(17)11-18)16-26-33-24-5-6-25(29(38)39)34-27(24)36(26)15-22-8-10-40-22/h1-6,11-12,22H,7-10,13-16H2,(H,32,37)(H,38,39)/t22-/m0/s1. The Morgan fingerprint density at radius 2 is 1.98 bits per heavy atom. The van der Waals surface area contributed by atoms with E-state index in [1.807, 2.05) is 16.7 Å². The molecule has 6 rings (SSSR count). The molecule has 4 heterocycles. The minimum atomic E-state index is -1.08. The van der Waals surface area contributed by atoms with Crippen LogP contribution in [-0.4, -0.2) is 55.7 Å². The number of carboxylic acids is 1. The Balaban J connectivity index is 1.19. The van der Waals surface area contributed by atoms with Gasteiger partial charge in [-0.1, -0.05) is 23.7 Å². The molecule has 2 aromatic carbocycles. The fraction of sp³-hybridized carbons (Fsp3) is 0.310. The van der Waals surface area contributed by atoms with Gasteiger partial charge in [0.15, 0.2) is 11.3 Å². The SMILES string of the molecule is O=C(NCc1ccc(Cl)cc1F)c1ccc2c(c1)CN(Cc1nc3ccc(C(=O)O)nc3n1C[C@@H]1CCO1)CC2. The largest absolute Gasteiger partial charge is 0.477 e. The second-order valence-electron chi connectivity index (χ2n) is 10.1. The van der Waals surface area contributed by atoms with E-state index in [1.165, 1.54) is 17.7 Å². The monoisotopic (exact) mass is 563 g/mol. The van der Waals surface area contributed by atoms with Crippen molar-refractivity contribution in [2.24, 2.45) is 0 Å². The van der Waals surface area contributed by atoms with Crippen molar-refractivity contribution in [3.8, 4) is 0 Å². The summed E-state index contributed by atoms with van der Waals surface area (Å²) in [5, 5.41) is 12.5. The highest BCUT2D eigenvalue weighted by molar-refractivity contribution is 6.30. The molecule has 0 bridgehead atoms. The molecular formula is C29H27ClFN5O4. The van der Waals surface area contributed by atoms with Crippen molar-refractivity contribution in [1.82, 2.24) is 24.8 Å². The molecule has 2 aromatic heterocycles. The van der Waals surface area contributed by atoms with E-state index in [-0.39, 0.29) is 24.2 Å². The number of carboxylic acid groups (broad SMARTS) is 1. The van der Waals surface area contributed by atoms with Crippen LogP contribution in [0.3, 0.4) is 0 Å². The van der Waals surface area contributed by atoms with Crippen molar-refractivity contribution < 1.29 is 23.8 Å². The van der Waals surface area contributed by atoms with Gasteiger partial charge in [-0.05, 0) is 60.4 Å². The van der Waals surface area contributed by atoms with Gasteiger partial charge >= 0.3 is 5.97 Å². The molecule has 206 valence electrons. The van der Waals surface area contributed by atoms with Gasteiger partial charge < -0.3 is 19.7 Å². The Morgan fingerprint density at radius 3 is 2.73 bits per heavy atom. The van der Waals surface area contributed by atoms with E-state index >= 15 is 0 Å². The van der Waals surface area contributed by atoms with Crippen molar-refractivity contribution >= 4 is 34.6 Å². The molecule has 1 saturated heterocycles. The molecule has 0 spiro atoms. The lowest BCUT2D eigenvalue weighted by molar-refractivity contribution is -0.0592. The van der Waals surface area contributed by atoms with Gasteiger partial charge in [-0.25, -0.2) is 19.2 Å². The first-order valence-corrected chi connectivity index (χ1v) is 13.5. The average molecular weight is 564 g/mol. The Kier molecular flexibility index (Phi) is 7.22. The highest BCUT2D eigenvalue weighted by Crippen LogP contribution is 2.25. The van der Waals surface area contributed by atoms with E-state index in [2.05, 4.69) is 15.2 Å². The summed E-state index contributed by atoms with van der Waals surface area (Å²) in [6, 6.07) is 13.2. The number of aromatic nitrogens is 3. The van der Waals surface area contributed by atoms with Crippen LogP contribution in [0.15, 0.2) is 48.5 Å². The third-order valence-electron chi connectivity index (χ3n) is 7.45. The van der Waals surface area contributed by atoms with Crippen molar-refractivity contribution in [2.75, 3.05) is 13.2 Å². The first kappa shape index (κ1) is 26.4. The second-order valence-corrected chi connectivity index (χ2v) is 10.6. The number of carbonyl (C=O) groups is 2. The number of nitrogens with one attached hydrogen (secondary N) is 1. The molecule has 1 amide bonds. The molecule has 40 heavy (non-hydrogen) atoms. The number of hydrogen-bond acceptors (Lipinski definition) is 6. The lowest BCUT2D eigenvalue weighted by Gasteiger charge is -2.30. The van der Waals surface area contributed by atoms with Crippen LogP contribution in [0.4, 0.5) is 4.39 Å². The summed E-state index contributed by atoms with van der Waals surface area (Å²) >= 11 is 5.82. The molecular weight excluding hydrogens is 537 g/mol. The molecule has 4 aromatic rings. The number of aromatic carboxylic acids is 1. The average Bonchev–Trinajstić information content (AvgIpc) is 3.25. The van der Waals surface area contributed by atoms with Crippen LogP contribution >= 0.6 is 11.6 Å². The maximum atomic E-state index is 14.1. The summed E-state index contributed by atoms with van der Waals surface area (Å²) in [5.74, 6) is -1.03. The summed E-state index contributed by atoms with van der Waals surface area (Å²) in [6.45, 7) is 3.31. The molecule has 2 N–H and O–H groups in total. The van der Waals surface area contributed by atoms with Gasteiger partial charge in [0.05, 0.1) is 19.2 Å². The summed E-state index contributed by atoms with van der Waals surface area (Å²) in [7, 11) is 0. The van der Waals surface area contributed by atoms with Gasteiger partial charge in [-0.3, -0.25) is 9.69 Å². The molecule has 1 fully saturated rings. The van der Waals surface area contributed by atoms with Crippen LogP contribution in [-0.2, 0) is 37.3 Å². The number of imidazole rings is 1. The number of pyridine rings is 1. The quantitative estimate of drug-likeness (QED) is 0.331. The second kappa shape index (κ2) is 11.0. The van der Waals surface area contributed by atoms with Gasteiger partial charge in [-0.2, -0.15) is 0 Å². The Morgan fingerprint density at radius 1 is 1.12 bits per heavy atom. The third kappa shape index (κ3) is 5.42. The fourth-order valence-corrected chi connectivity index (χ4v) is 5.31. The normalized spacial score (nSPS) is 16.9. The highest BCUT2D eigenvalue weighted by Gasteiger charge is 2.25. The Hall–Kier alpha value is -3.86. The smallest absolute Gasteiger partial charge is 0.354 e. The van der Waals surface area contributed by atoms with E-state index in [0.717, 1.165) is 30.8 Å². The molecule has 2 aliphatic rings. The molecule has 0 saturated carbocycles. The lowest BCUT2D eigenvalue weighted by atomic mass is 9.97. The third-order valence-corrected chi connectivity index (χ3v) is 7.68. The number of rotatable bonds is 8. The topological polar surface area (TPSA) is 110 Å². The van der Waals surface area contributed by atoms with Gasteiger partial charge in [0.2, 0.25) is 0 Å². The van der Waals surface area contributed by atoms with Crippen LogP contribution in [0.25, 0.3) is 11.2 Å². The van der Waals surface area contributed by atoms with Crippen molar-refractivity contribution in [3.63, 3.8) is 0 Å². The number of benzene rings is 2. The number of fused-ring (bicyclic) bond motifs is 2. The van der Waals surface area contributed by atoms with Crippen molar-refractivity contribution in [3.05, 3.63) is 93.1 Å². The zero-order chi connectivity index (χ0) is 27.8. The number of halogens is 2. The number of carbonyl (C=O) groups excluding carboxylic acids is 1. The number of nitrogens with zero attached hydrogens (tertiary/aromatic N) is 4. The fourth-order valence-electron chi connectivity index (χ4n) is 5.15. The molecule has 1 atom stereocenters. The van der Waals surface area contributed by atoms with Gasteiger partial charge in [-0.15, -0.1) is 0 Å². The summed E-state index contributed by atoms with van der Waals surface area (Å²) in [4.78, 5) is 35.8. The molecule has 9 nitrogen and oxygen atoms in total. The molecule has 2 aliphatic heterocycles. The van der Waals surface area contributed by atoms with Crippen LogP contribution in [0.2, 0.25) is 5.02 Å². The first-order chi connectivity index (χ1) is 19.3. The number of ether oxygens (including phenoxy) is 1. The maximum Gasteiger partial charge on any atom is 0.354 e. The van der Waals surface area contributed by atoms with Crippen LogP contribution in [0.5, 0.6) is 0 Å². The lowest BCUT2D eigenvalue weighted by Crippen LogP contribution is -2.34. The van der Waals surface area contributed by atoms with E-state index in [1.54, 1.807) is 24.3 Å².